The largest absolute Gasteiger partial charge is 0.378 e. The van der Waals surface area contributed by atoms with E-state index in [4.69, 9.17) is 4.74 Å². The molecule has 16 heavy (non-hydrogen) atoms. The molecule has 0 aromatic heterocycles. The molecule has 3 nitrogen and oxygen atoms in total. The minimum Gasteiger partial charge on any atom is -0.378 e. The maximum atomic E-state index is 5.55. The van der Waals surface area contributed by atoms with E-state index in [1.54, 1.807) is 0 Å². The van der Waals surface area contributed by atoms with Gasteiger partial charge >= 0.3 is 0 Å². The SMILES string of the molecule is CCCC(CN1CCOCC1(C)C)NCC. The zero-order chi connectivity index (χ0) is 12.0. The number of nitrogens with zero attached hydrogens (tertiary/aromatic N) is 1. The summed E-state index contributed by atoms with van der Waals surface area (Å²) >= 11 is 0. The molecule has 3 heteroatoms. The standard InChI is InChI=1S/C13H28N2O/c1-5-7-12(14-6-2)10-15-8-9-16-11-13(15,3)4/h12,14H,5-11H2,1-4H3. The van der Waals surface area contributed by atoms with Crippen LogP contribution in [0.4, 0.5) is 0 Å². The Morgan fingerprint density at radius 2 is 2.12 bits per heavy atom. The highest BCUT2D eigenvalue weighted by atomic mass is 16.5. The Morgan fingerprint density at radius 1 is 1.38 bits per heavy atom. The summed E-state index contributed by atoms with van der Waals surface area (Å²) in [6, 6.07) is 0.632. The van der Waals surface area contributed by atoms with Gasteiger partial charge in [-0.3, -0.25) is 4.90 Å². The molecule has 0 bridgehead atoms. The fourth-order valence-electron chi connectivity index (χ4n) is 2.39. The highest BCUT2D eigenvalue weighted by Crippen LogP contribution is 2.19. The number of hydrogen-bond acceptors (Lipinski definition) is 3. The average Bonchev–Trinajstić information content (AvgIpc) is 2.22. The van der Waals surface area contributed by atoms with Crippen molar-refractivity contribution in [1.82, 2.24) is 10.2 Å². The highest BCUT2D eigenvalue weighted by Gasteiger charge is 2.31. The van der Waals surface area contributed by atoms with E-state index in [9.17, 15) is 0 Å². The first-order valence-electron chi connectivity index (χ1n) is 6.66. The van der Waals surface area contributed by atoms with Crippen LogP contribution in [-0.4, -0.2) is 49.3 Å². The Balaban J connectivity index is 2.47. The molecule has 96 valence electrons. The van der Waals surface area contributed by atoms with Crippen LogP contribution >= 0.6 is 0 Å². The molecule has 1 unspecified atom stereocenters. The van der Waals surface area contributed by atoms with Gasteiger partial charge in [-0.1, -0.05) is 20.3 Å². The van der Waals surface area contributed by atoms with Gasteiger partial charge in [0.05, 0.1) is 13.2 Å². The van der Waals surface area contributed by atoms with Crippen LogP contribution in [0.15, 0.2) is 0 Å². The monoisotopic (exact) mass is 228 g/mol. The topological polar surface area (TPSA) is 24.5 Å². The molecule has 0 saturated carbocycles. The Labute approximate surface area is 101 Å². The van der Waals surface area contributed by atoms with Gasteiger partial charge in [0.15, 0.2) is 0 Å². The van der Waals surface area contributed by atoms with Gasteiger partial charge in [0.25, 0.3) is 0 Å². The second-order valence-electron chi connectivity index (χ2n) is 5.35. The van der Waals surface area contributed by atoms with Crippen LogP contribution in [-0.2, 0) is 4.74 Å². The van der Waals surface area contributed by atoms with Crippen LogP contribution < -0.4 is 5.32 Å². The average molecular weight is 228 g/mol. The molecule has 1 rings (SSSR count). The van der Waals surface area contributed by atoms with Crippen LogP contribution in [0.25, 0.3) is 0 Å². The highest BCUT2D eigenvalue weighted by molar-refractivity contribution is 4.87. The first kappa shape index (κ1) is 13.9. The van der Waals surface area contributed by atoms with Crippen molar-refractivity contribution in [3.63, 3.8) is 0 Å². The van der Waals surface area contributed by atoms with E-state index in [0.717, 1.165) is 32.8 Å². The maximum absolute atomic E-state index is 5.55. The van der Waals surface area contributed by atoms with Crippen LogP contribution in [0, 0.1) is 0 Å². The normalized spacial score (nSPS) is 23.2. The van der Waals surface area contributed by atoms with Crippen molar-refractivity contribution in [3.05, 3.63) is 0 Å². The van der Waals surface area contributed by atoms with E-state index in [1.165, 1.54) is 12.8 Å². The second-order valence-corrected chi connectivity index (χ2v) is 5.35. The fraction of sp³-hybridized carbons (Fsp3) is 1.00. The van der Waals surface area contributed by atoms with Gasteiger partial charge in [-0.25, -0.2) is 0 Å². The zero-order valence-electron chi connectivity index (χ0n) is 11.4. The predicted molar refractivity (Wildman–Crippen MR) is 68.8 cm³/mol. The van der Waals surface area contributed by atoms with Gasteiger partial charge in [0.1, 0.15) is 0 Å². The van der Waals surface area contributed by atoms with E-state index in [1.807, 2.05) is 0 Å². The summed E-state index contributed by atoms with van der Waals surface area (Å²) in [7, 11) is 0. The lowest BCUT2D eigenvalue weighted by atomic mass is 10.0. The van der Waals surface area contributed by atoms with E-state index >= 15 is 0 Å². The number of rotatable bonds is 6. The third kappa shape index (κ3) is 4.04. The Bertz CT molecular complexity index is 188. The second kappa shape index (κ2) is 6.58. The van der Waals surface area contributed by atoms with Crippen LogP contribution in [0.1, 0.15) is 40.5 Å². The number of ether oxygens (including phenoxy) is 1. The molecule has 1 aliphatic heterocycles. The summed E-state index contributed by atoms with van der Waals surface area (Å²) in [6.45, 7) is 14.0. The molecular formula is C13H28N2O. The van der Waals surface area contributed by atoms with Crippen LogP contribution in [0.3, 0.4) is 0 Å². The third-order valence-electron chi connectivity index (χ3n) is 3.39. The molecule has 1 fully saturated rings. The number of hydrogen-bond donors (Lipinski definition) is 1. The van der Waals surface area contributed by atoms with Crippen LogP contribution in [0.2, 0.25) is 0 Å². The minimum absolute atomic E-state index is 0.194. The molecule has 0 spiro atoms. The molecule has 1 atom stereocenters. The summed E-state index contributed by atoms with van der Waals surface area (Å²) in [4.78, 5) is 2.57. The van der Waals surface area contributed by atoms with E-state index in [-0.39, 0.29) is 5.54 Å². The van der Waals surface area contributed by atoms with Crippen molar-refractivity contribution in [2.45, 2.75) is 52.1 Å². The fourth-order valence-corrected chi connectivity index (χ4v) is 2.39. The molecule has 0 radical (unpaired) electrons. The first-order chi connectivity index (χ1) is 7.60. The summed E-state index contributed by atoms with van der Waals surface area (Å²) in [5.74, 6) is 0. The maximum Gasteiger partial charge on any atom is 0.0645 e. The quantitative estimate of drug-likeness (QED) is 0.751. The molecule has 1 saturated heterocycles. The van der Waals surface area contributed by atoms with Gasteiger partial charge in [0, 0.05) is 24.7 Å². The third-order valence-corrected chi connectivity index (χ3v) is 3.39. The van der Waals surface area contributed by atoms with Gasteiger partial charge < -0.3 is 10.1 Å². The van der Waals surface area contributed by atoms with Crippen molar-refractivity contribution in [3.8, 4) is 0 Å². The summed E-state index contributed by atoms with van der Waals surface area (Å²) in [5, 5.41) is 3.59. The van der Waals surface area contributed by atoms with Gasteiger partial charge in [-0.05, 0) is 26.8 Å². The molecule has 1 N–H and O–H groups in total. The summed E-state index contributed by atoms with van der Waals surface area (Å²) in [5.41, 5.74) is 0.194. The summed E-state index contributed by atoms with van der Waals surface area (Å²) in [6.07, 6.45) is 2.52. The zero-order valence-corrected chi connectivity index (χ0v) is 11.4. The van der Waals surface area contributed by atoms with Gasteiger partial charge in [-0.15, -0.1) is 0 Å². The van der Waals surface area contributed by atoms with Gasteiger partial charge in [0.2, 0.25) is 0 Å². The number of morpholine rings is 1. The lowest BCUT2D eigenvalue weighted by molar-refractivity contribution is -0.0546. The molecule has 0 amide bonds. The Hall–Kier alpha value is -0.120. The molecule has 0 aromatic rings. The lowest BCUT2D eigenvalue weighted by Crippen LogP contribution is -2.56. The Kier molecular flexibility index (Phi) is 5.73. The lowest BCUT2D eigenvalue weighted by Gasteiger charge is -2.43. The van der Waals surface area contributed by atoms with Crippen molar-refractivity contribution in [1.29, 1.82) is 0 Å². The Morgan fingerprint density at radius 3 is 2.69 bits per heavy atom. The van der Waals surface area contributed by atoms with E-state index in [0.29, 0.717) is 6.04 Å². The number of nitrogens with one attached hydrogen (secondary N) is 1. The van der Waals surface area contributed by atoms with Crippen molar-refractivity contribution in [2.24, 2.45) is 0 Å². The van der Waals surface area contributed by atoms with E-state index < -0.39 is 0 Å². The smallest absolute Gasteiger partial charge is 0.0645 e. The molecule has 1 aliphatic rings. The number of likely N-dealkylation sites (N-methyl/N-ethyl adjacent to an activating group) is 1. The molecule has 0 aliphatic carbocycles. The van der Waals surface area contributed by atoms with Gasteiger partial charge in [-0.2, -0.15) is 0 Å². The summed E-state index contributed by atoms with van der Waals surface area (Å²) < 4.78 is 5.55. The predicted octanol–water partition coefficient (Wildman–Crippen LogP) is 1.88. The molecule has 0 aromatic carbocycles. The van der Waals surface area contributed by atoms with Crippen molar-refractivity contribution < 1.29 is 4.74 Å². The molecular weight excluding hydrogens is 200 g/mol. The van der Waals surface area contributed by atoms with Crippen LogP contribution in [0.5, 0.6) is 0 Å². The van der Waals surface area contributed by atoms with Crippen molar-refractivity contribution in [2.75, 3.05) is 32.8 Å². The molecule has 1 heterocycles. The minimum atomic E-state index is 0.194. The van der Waals surface area contributed by atoms with Crippen molar-refractivity contribution >= 4 is 0 Å². The van der Waals surface area contributed by atoms with E-state index in [2.05, 4.69) is 37.9 Å². The first-order valence-corrected chi connectivity index (χ1v) is 6.66.